The molecule has 31 heavy (non-hydrogen) atoms. The molecule has 0 aromatic carbocycles. The van der Waals surface area contributed by atoms with E-state index < -0.39 is 11.8 Å². The number of thioether (sulfide) groups is 2. The summed E-state index contributed by atoms with van der Waals surface area (Å²) < 4.78 is 10.8. The van der Waals surface area contributed by atoms with Gasteiger partial charge in [-0.25, -0.2) is 0 Å². The van der Waals surface area contributed by atoms with Crippen molar-refractivity contribution >= 4 is 35.3 Å². The first-order valence-corrected chi connectivity index (χ1v) is 11.3. The predicted octanol–water partition coefficient (Wildman–Crippen LogP) is 3.67. The molecule has 2 aromatic heterocycles. The highest BCUT2D eigenvalue weighted by atomic mass is 32.2. The van der Waals surface area contributed by atoms with E-state index in [1.165, 1.54) is 36.1 Å². The van der Waals surface area contributed by atoms with E-state index in [0.29, 0.717) is 37.8 Å². The zero-order chi connectivity index (χ0) is 21.8. The van der Waals surface area contributed by atoms with Crippen LogP contribution in [0.15, 0.2) is 66.8 Å². The summed E-state index contributed by atoms with van der Waals surface area (Å²) in [5.74, 6) is -0.150. The molecule has 0 aliphatic carbocycles. The highest BCUT2D eigenvalue weighted by Crippen LogP contribution is 2.40. The lowest BCUT2D eigenvalue weighted by molar-refractivity contribution is -0.121. The lowest BCUT2D eigenvalue weighted by atomic mass is 9.92. The minimum Gasteiger partial charge on any atom is -0.469 e. The van der Waals surface area contributed by atoms with Crippen molar-refractivity contribution in [2.45, 2.75) is 24.7 Å². The van der Waals surface area contributed by atoms with Gasteiger partial charge in [0.25, 0.3) is 0 Å². The second-order valence-electron chi connectivity index (χ2n) is 6.76. The molecule has 2 aliphatic heterocycles. The maximum Gasteiger partial charge on any atom is 0.225 e. The van der Waals surface area contributed by atoms with E-state index in [9.17, 15) is 20.1 Å². The number of hydrogen-bond acceptors (Lipinski definition) is 8. The fourth-order valence-electron chi connectivity index (χ4n) is 3.48. The Hall–Kier alpha value is -3.34. The molecule has 156 valence electrons. The highest BCUT2D eigenvalue weighted by Gasteiger charge is 2.33. The van der Waals surface area contributed by atoms with Crippen LogP contribution in [-0.2, 0) is 9.59 Å². The van der Waals surface area contributed by atoms with Crippen molar-refractivity contribution in [3.8, 4) is 12.1 Å². The van der Waals surface area contributed by atoms with Crippen molar-refractivity contribution < 1.29 is 18.4 Å². The third-order valence-electron chi connectivity index (χ3n) is 4.89. The van der Waals surface area contributed by atoms with Gasteiger partial charge in [-0.1, -0.05) is 23.5 Å². The Kier molecular flexibility index (Phi) is 6.21. The number of allylic oxidation sites excluding steroid dienone is 2. The van der Waals surface area contributed by atoms with Gasteiger partial charge in [0, 0.05) is 12.8 Å². The summed E-state index contributed by atoms with van der Waals surface area (Å²) in [4.78, 5) is 24.4. The number of nitrogens with zero attached hydrogens (tertiary/aromatic N) is 2. The van der Waals surface area contributed by atoms with Crippen LogP contribution in [-0.4, -0.2) is 16.9 Å². The minimum absolute atomic E-state index is 0.137. The third-order valence-corrected chi connectivity index (χ3v) is 7.06. The van der Waals surface area contributed by atoms with Crippen LogP contribution in [0.5, 0.6) is 0 Å². The van der Waals surface area contributed by atoms with Crippen LogP contribution in [0.1, 0.15) is 36.2 Å². The van der Waals surface area contributed by atoms with Crippen molar-refractivity contribution in [1.29, 1.82) is 10.5 Å². The van der Waals surface area contributed by atoms with Gasteiger partial charge in [-0.2, -0.15) is 10.5 Å². The average molecular weight is 453 g/mol. The molecule has 0 unspecified atom stereocenters. The number of furan rings is 2. The molecule has 2 aliphatic rings. The van der Waals surface area contributed by atoms with Crippen molar-refractivity contribution in [2.24, 2.45) is 0 Å². The zero-order valence-electron chi connectivity index (χ0n) is 16.1. The summed E-state index contributed by atoms with van der Waals surface area (Å²) >= 11 is 2.54. The van der Waals surface area contributed by atoms with Gasteiger partial charge in [0.05, 0.1) is 62.8 Å². The number of hydrogen-bond donors (Lipinski definition) is 2. The molecule has 0 fully saturated rings. The largest absolute Gasteiger partial charge is 0.469 e. The fourth-order valence-corrected chi connectivity index (χ4v) is 5.72. The second kappa shape index (κ2) is 9.21. The van der Waals surface area contributed by atoms with Gasteiger partial charge >= 0.3 is 0 Å². The Balaban J connectivity index is 1.53. The maximum atomic E-state index is 12.2. The fraction of sp³-hybridized carbons (Fsp3) is 0.238. The Morgan fingerprint density at radius 1 is 0.871 bits per heavy atom. The summed E-state index contributed by atoms with van der Waals surface area (Å²) in [6.45, 7) is 0. The van der Waals surface area contributed by atoms with E-state index in [0.717, 1.165) is 0 Å². The molecule has 0 bridgehead atoms. The van der Waals surface area contributed by atoms with Gasteiger partial charge in [-0.3, -0.25) is 9.59 Å². The minimum atomic E-state index is -0.437. The second-order valence-corrected chi connectivity index (χ2v) is 9.09. The number of nitrogens with one attached hydrogen (secondary N) is 2. The number of nitriles is 2. The van der Waals surface area contributed by atoms with Gasteiger partial charge in [-0.15, -0.1) is 0 Å². The van der Waals surface area contributed by atoms with Gasteiger partial charge < -0.3 is 19.5 Å². The van der Waals surface area contributed by atoms with Crippen LogP contribution >= 0.6 is 23.5 Å². The van der Waals surface area contributed by atoms with E-state index >= 15 is 0 Å². The van der Waals surface area contributed by atoms with Gasteiger partial charge in [0.2, 0.25) is 11.8 Å². The van der Waals surface area contributed by atoms with Crippen molar-refractivity contribution in [2.75, 3.05) is 5.08 Å². The first kappa shape index (κ1) is 20.9. The van der Waals surface area contributed by atoms with Crippen molar-refractivity contribution in [1.82, 2.24) is 10.6 Å². The van der Waals surface area contributed by atoms with Crippen LogP contribution in [0.25, 0.3) is 0 Å². The SMILES string of the molecule is N#CC1=C(SCSC2=C(C#N)[C@@H](c3ccco3)CC(=O)N2)NC(=O)C[C@@H]1c1ccco1. The summed E-state index contributed by atoms with van der Waals surface area (Å²) in [5.41, 5.74) is 0.853. The quantitative estimate of drug-likeness (QED) is 0.635. The number of rotatable bonds is 6. The number of amides is 2. The molecule has 2 amide bonds. The molecular weight excluding hydrogens is 436 g/mol. The smallest absolute Gasteiger partial charge is 0.225 e. The first-order chi connectivity index (χ1) is 15.1. The van der Waals surface area contributed by atoms with Crippen LogP contribution in [0.3, 0.4) is 0 Å². The molecule has 2 N–H and O–H groups in total. The van der Waals surface area contributed by atoms with Gasteiger partial charge in [-0.05, 0) is 24.3 Å². The lowest BCUT2D eigenvalue weighted by Gasteiger charge is -2.25. The molecular formula is C21H16N4O4S2. The molecule has 0 saturated heterocycles. The van der Waals surface area contributed by atoms with E-state index in [-0.39, 0.29) is 24.7 Å². The van der Waals surface area contributed by atoms with E-state index in [2.05, 4.69) is 22.8 Å². The molecule has 2 aromatic rings. The number of carbonyl (C=O) groups excluding carboxylic acids is 2. The van der Waals surface area contributed by atoms with Gasteiger partial charge in [0.1, 0.15) is 11.5 Å². The Bertz CT molecular complexity index is 1050. The molecule has 4 heterocycles. The van der Waals surface area contributed by atoms with Crippen LogP contribution in [0.4, 0.5) is 0 Å². The molecule has 2 atom stereocenters. The molecule has 8 nitrogen and oxygen atoms in total. The van der Waals surface area contributed by atoms with Crippen molar-refractivity contribution in [3.05, 3.63) is 69.5 Å². The Labute approximate surface area is 186 Å². The standard InChI is InChI=1S/C21H16N4O4S2/c22-9-14-12(16-3-1-5-28-16)7-18(26)24-20(14)30-11-31-21-15(10-23)13(8-19(27)25-21)17-4-2-6-29-17/h1-6,12-13H,7-8,11H2,(H,24,26)(H,25,27)/t12-,13-/m0/s1. The summed E-state index contributed by atoms with van der Waals surface area (Å²) in [7, 11) is 0. The Morgan fingerprint density at radius 3 is 1.68 bits per heavy atom. The summed E-state index contributed by atoms with van der Waals surface area (Å²) in [6.07, 6.45) is 3.30. The molecule has 0 spiro atoms. The molecule has 0 radical (unpaired) electrons. The van der Waals surface area contributed by atoms with E-state index in [4.69, 9.17) is 8.83 Å². The zero-order valence-corrected chi connectivity index (χ0v) is 17.7. The average Bonchev–Trinajstić information content (AvgIpc) is 3.47. The Morgan fingerprint density at radius 2 is 1.32 bits per heavy atom. The lowest BCUT2D eigenvalue weighted by Crippen LogP contribution is -2.31. The van der Waals surface area contributed by atoms with Crippen LogP contribution < -0.4 is 10.6 Å². The predicted molar refractivity (Wildman–Crippen MR) is 114 cm³/mol. The molecule has 4 rings (SSSR count). The van der Waals surface area contributed by atoms with E-state index in [1.807, 2.05) is 0 Å². The topological polar surface area (TPSA) is 132 Å². The third kappa shape index (κ3) is 4.41. The van der Waals surface area contributed by atoms with Crippen LogP contribution in [0.2, 0.25) is 0 Å². The maximum absolute atomic E-state index is 12.2. The highest BCUT2D eigenvalue weighted by molar-refractivity contribution is 8.19. The summed E-state index contributed by atoms with van der Waals surface area (Å²) in [6, 6.07) is 11.3. The number of carbonyl (C=O) groups is 2. The first-order valence-electron chi connectivity index (χ1n) is 9.31. The van der Waals surface area contributed by atoms with E-state index in [1.54, 1.807) is 24.3 Å². The molecule has 10 heteroatoms. The van der Waals surface area contributed by atoms with Crippen LogP contribution in [0, 0.1) is 22.7 Å². The summed E-state index contributed by atoms with van der Waals surface area (Å²) in [5, 5.41) is 26.2. The monoisotopic (exact) mass is 452 g/mol. The molecule has 0 saturated carbocycles. The normalized spacial score (nSPS) is 21.4. The van der Waals surface area contributed by atoms with Crippen molar-refractivity contribution in [3.63, 3.8) is 0 Å². The van der Waals surface area contributed by atoms with Gasteiger partial charge in [0.15, 0.2) is 0 Å².